The molecule has 3 aromatic carbocycles. The largest absolute Gasteiger partial charge is 0.507 e. The zero-order chi connectivity index (χ0) is 20.7. The van der Waals surface area contributed by atoms with Gasteiger partial charge in [0.25, 0.3) is 10.1 Å². The Bertz CT molecular complexity index is 1210. The molecule has 7 nitrogen and oxygen atoms in total. The van der Waals surface area contributed by atoms with Crippen LogP contribution < -0.4 is 5.73 Å². The SMILES string of the molecule is Nc1ccc2cc(S(=O)(=O)O)cc(O)c2c1/N=N/c1ccccc1C(F)(F)F. The summed E-state index contributed by atoms with van der Waals surface area (Å²) in [5.74, 6) is -0.588. The molecule has 0 saturated heterocycles. The third-order valence-electron chi connectivity index (χ3n) is 3.84. The lowest BCUT2D eigenvalue weighted by atomic mass is 10.1. The van der Waals surface area contributed by atoms with Gasteiger partial charge < -0.3 is 10.8 Å². The summed E-state index contributed by atoms with van der Waals surface area (Å²) in [4.78, 5) is -0.562. The van der Waals surface area contributed by atoms with E-state index in [-0.39, 0.29) is 22.1 Å². The number of phenolic OH excluding ortho intramolecular Hbond substituents is 1. The molecule has 4 N–H and O–H groups in total. The number of alkyl halides is 3. The van der Waals surface area contributed by atoms with Crippen molar-refractivity contribution in [3.8, 4) is 5.75 Å². The van der Waals surface area contributed by atoms with Gasteiger partial charge in [-0.2, -0.15) is 21.6 Å². The highest BCUT2D eigenvalue weighted by Gasteiger charge is 2.33. The second-order valence-corrected chi connectivity index (χ2v) is 7.16. The van der Waals surface area contributed by atoms with Crippen LogP contribution in [0.5, 0.6) is 5.75 Å². The Morgan fingerprint density at radius 3 is 2.32 bits per heavy atom. The number of azo groups is 1. The van der Waals surface area contributed by atoms with Crippen molar-refractivity contribution in [3.63, 3.8) is 0 Å². The first-order valence-electron chi connectivity index (χ1n) is 7.59. The summed E-state index contributed by atoms with van der Waals surface area (Å²) in [5.41, 5.74) is 4.20. The molecule has 0 heterocycles. The van der Waals surface area contributed by atoms with E-state index < -0.39 is 38.2 Å². The minimum absolute atomic E-state index is 0.00403. The van der Waals surface area contributed by atoms with Crippen LogP contribution in [0.15, 0.2) is 63.7 Å². The molecule has 3 aromatic rings. The Kier molecular flexibility index (Phi) is 4.73. The zero-order valence-corrected chi connectivity index (χ0v) is 14.7. The highest BCUT2D eigenvalue weighted by Crippen LogP contribution is 2.41. The van der Waals surface area contributed by atoms with Crippen LogP contribution in [-0.4, -0.2) is 18.1 Å². The fourth-order valence-corrected chi connectivity index (χ4v) is 3.11. The van der Waals surface area contributed by atoms with Crippen LogP contribution in [0.4, 0.5) is 30.2 Å². The van der Waals surface area contributed by atoms with E-state index in [9.17, 15) is 26.7 Å². The molecule has 28 heavy (non-hydrogen) atoms. The first kappa shape index (κ1) is 19.6. The van der Waals surface area contributed by atoms with Crippen molar-refractivity contribution in [2.24, 2.45) is 10.2 Å². The van der Waals surface area contributed by atoms with Gasteiger partial charge >= 0.3 is 6.18 Å². The van der Waals surface area contributed by atoms with Gasteiger partial charge in [-0.05, 0) is 29.7 Å². The van der Waals surface area contributed by atoms with Gasteiger partial charge in [0.05, 0.1) is 27.2 Å². The maximum absolute atomic E-state index is 13.1. The second-order valence-electron chi connectivity index (χ2n) is 5.73. The summed E-state index contributed by atoms with van der Waals surface area (Å²) in [6.45, 7) is 0. The summed E-state index contributed by atoms with van der Waals surface area (Å²) >= 11 is 0. The van der Waals surface area contributed by atoms with Crippen molar-refractivity contribution in [3.05, 3.63) is 54.1 Å². The van der Waals surface area contributed by atoms with Crippen LogP contribution >= 0.6 is 0 Å². The van der Waals surface area contributed by atoms with Gasteiger partial charge in [-0.3, -0.25) is 4.55 Å². The number of hydrogen-bond donors (Lipinski definition) is 3. The van der Waals surface area contributed by atoms with Gasteiger partial charge in [0.2, 0.25) is 0 Å². The summed E-state index contributed by atoms with van der Waals surface area (Å²) in [6, 6.07) is 9.04. The van der Waals surface area contributed by atoms with Gasteiger partial charge in [-0.15, -0.1) is 10.2 Å². The molecule has 0 saturated carbocycles. The second kappa shape index (κ2) is 6.77. The molecule has 0 amide bonds. The third kappa shape index (κ3) is 3.75. The molecule has 0 radical (unpaired) electrons. The quantitative estimate of drug-likeness (QED) is 0.324. The van der Waals surface area contributed by atoms with Gasteiger partial charge in [-0.1, -0.05) is 18.2 Å². The molecule has 0 atom stereocenters. The first-order valence-corrected chi connectivity index (χ1v) is 9.03. The highest BCUT2D eigenvalue weighted by atomic mass is 32.2. The van der Waals surface area contributed by atoms with E-state index in [0.29, 0.717) is 0 Å². The van der Waals surface area contributed by atoms with Crippen molar-refractivity contribution in [2.75, 3.05) is 5.73 Å². The Morgan fingerprint density at radius 2 is 1.68 bits per heavy atom. The number of fused-ring (bicyclic) bond motifs is 1. The van der Waals surface area contributed by atoms with Crippen molar-refractivity contribution in [1.29, 1.82) is 0 Å². The molecule has 0 unspecified atom stereocenters. The lowest BCUT2D eigenvalue weighted by Gasteiger charge is -2.10. The Hall–Kier alpha value is -3.18. The predicted molar refractivity (Wildman–Crippen MR) is 95.5 cm³/mol. The van der Waals surface area contributed by atoms with Crippen molar-refractivity contribution < 1.29 is 31.2 Å². The number of phenols is 1. The number of nitrogens with two attached hydrogens (primary N) is 1. The molecule has 0 aromatic heterocycles. The highest BCUT2D eigenvalue weighted by molar-refractivity contribution is 7.85. The molecular formula is C17H12F3N3O4S. The van der Waals surface area contributed by atoms with E-state index in [0.717, 1.165) is 24.3 Å². The molecular weight excluding hydrogens is 399 g/mol. The van der Waals surface area contributed by atoms with Crippen LogP contribution in [0.25, 0.3) is 10.8 Å². The summed E-state index contributed by atoms with van der Waals surface area (Å²) in [5, 5.41) is 17.7. The number of anilines is 1. The third-order valence-corrected chi connectivity index (χ3v) is 4.67. The number of nitrogen functional groups attached to an aromatic ring is 1. The molecule has 0 aliphatic heterocycles. The van der Waals surface area contributed by atoms with E-state index in [1.165, 1.54) is 24.3 Å². The number of halogens is 3. The molecule has 0 fully saturated rings. The normalized spacial score (nSPS) is 12.7. The maximum Gasteiger partial charge on any atom is 0.418 e. The standard InChI is InChI=1S/C17H12F3N3O4S/c18-17(19,20)11-3-1-2-4-13(11)22-23-16-12(21)6-5-9-7-10(28(25,26)27)8-14(24)15(9)16/h1-8,24H,21H2,(H,25,26,27)/b23-22+. The average molecular weight is 411 g/mol. The maximum atomic E-state index is 13.1. The monoisotopic (exact) mass is 411 g/mol. The lowest BCUT2D eigenvalue weighted by molar-refractivity contribution is -0.137. The van der Waals surface area contributed by atoms with Crippen LogP contribution in [0.1, 0.15) is 5.56 Å². The fraction of sp³-hybridized carbons (Fsp3) is 0.0588. The smallest absolute Gasteiger partial charge is 0.418 e. The minimum atomic E-state index is -4.65. The van der Waals surface area contributed by atoms with Crippen molar-refractivity contribution in [1.82, 2.24) is 0 Å². The molecule has 0 aliphatic carbocycles. The van der Waals surface area contributed by atoms with Gasteiger partial charge in [-0.25, -0.2) is 0 Å². The van der Waals surface area contributed by atoms with Gasteiger partial charge in [0.15, 0.2) is 0 Å². The number of nitrogens with zero attached hydrogens (tertiary/aromatic N) is 2. The zero-order valence-electron chi connectivity index (χ0n) is 13.8. The summed E-state index contributed by atoms with van der Waals surface area (Å²) in [7, 11) is -4.59. The number of hydrogen-bond acceptors (Lipinski definition) is 6. The van der Waals surface area contributed by atoms with Gasteiger partial charge in [0, 0.05) is 6.07 Å². The van der Waals surface area contributed by atoms with E-state index in [1.807, 2.05) is 0 Å². The van der Waals surface area contributed by atoms with Crippen molar-refractivity contribution in [2.45, 2.75) is 11.1 Å². The predicted octanol–water partition coefficient (Wildman–Crippen LogP) is 4.81. The average Bonchev–Trinajstić information content (AvgIpc) is 2.59. The lowest BCUT2D eigenvalue weighted by Crippen LogP contribution is -2.04. The van der Waals surface area contributed by atoms with E-state index in [2.05, 4.69) is 10.2 Å². The van der Waals surface area contributed by atoms with Crippen LogP contribution in [0, 0.1) is 0 Å². The van der Waals surface area contributed by atoms with Gasteiger partial charge in [0.1, 0.15) is 11.4 Å². The first-order chi connectivity index (χ1) is 13.0. The van der Waals surface area contributed by atoms with Crippen LogP contribution in [-0.2, 0) is 16.3 Å². The number of rotatable bonds is 3. The Labute approximate surface area is 156 Å². The van der Waals surface area contributed by atoms with Crippen LogP contribution in [0.2, 0.25) is 0 Å². The number of benzene rings is 3. The Balaban J connectivity index is 2.20. The minimum Gasteiger partial charge on any atom is -0.507 e. The summed E-state index contributed by atoms with van der Waals surface area (Å²) < 4.78 is 71.0. The molecule has 3 rings (SSSR count). The molecule has 0 aliphatic rings. The molecule has 0 bridgehead atoms. The van der Waals surface area contributed by atoms with Crippen LogP contribution in [0.3, 0.4) is 0 Å². The topological polar surface area (TPSA) is 125 Å². The molecule has 146 valence electrons. The van der Waals surface area contributed by atoms with E-state index in [1.54, 1.807) is 0 Å². The summed E-state index contributed by atoms with van der Waals surface area (Å²) in [6.07, 6.45) is -4.65. The molecule has 0 spiro atoms. The molecule has 11 heteroatoms. The fourth-order valence-electron chi connectivity index (χ4n) is 2.58. The Morgan fingerprint density at radius 1 is 1.00 bits per heavy atom. The van der Waals surface area contributed by atoms with E-state index >= 15 is 0 Å². The van der Waals surface area contributed by atoms with Crippen molar-refractivity contribution >= 4 is 38.0 Å². The van der Waals surface area contributed by atoms with E-state index in [4.69, 9.17) is 10.3 Å². The number of aromatic hydroxyl groups is 1.